The van der Waals surface area contributed by atoms with Crippen molar-refractivity contribution in [1.29, 1.82) is 0 Å². The van der Waals surface area contributed by atoms with Gasteiger partial charge in [0.25, 0.3) is 5.91 Å². The molecule has 0 radical (unpaired) electrons. The first-order valence-corrected chi connectivity index (χ1v) is 6.88. The number of amides is 1. The van der Waals surface area contributed by atoms with E-state index in [4.69, 9.17) is 17.2 Å². The normalized spacial score (nSPS) is 17.6. The van der Waals surface area contributed by atoms with Crippen LogP contribution in [0.3, 0.4) is 0 Å². The number of rotatable bonds is 3. The van der Waals surface area contributed by atoms with Gasteiger partial charge in [-0.2, -0.15) is 0 Å². The van der Waals surface area contributed by atoms with Gasteiger partial charge in [0, 0.05) is 24.5 Å². The van der Waals surface area contributed by atoms with Crippen LogP contribution in [0.2, 0.25) is 0 Å². The summed E-state index contributed by atoms with van der Waals surface area (Å²) >= 11 is 0. The number of aliphatic imine (C=N–C) groups is 1. The highest BCUT2D eigenvalue weighted by Crippen LogP contribution is 2.25. The Morgan fingerprint density at radius 3 is 2.48 bits per heavy atom. The second-order valence-corrected chi connectivity index (χ2v) is 4.63. The van der Waals surface area contributed by atoms with Crippen LogP contribution in [0.25, 0.3) is 0 Å². The van der Waals surface area contributed by atoms with Crippen LogP contribution >= 0.6 is 0 Å². The molecule has 0 aromatic rings. The molecule has 1 heterocycles. The number of nitrogens with zero attached hydrogens (tertiary/aromatic N) is 2. The first kappa shape index (κ1) is 17.9. The van der Waals surface area contributed by atoms with E-state index in [9.17, 15) is 4.79 Å². The largest absolute Gasteiger partial charge is 0.391 e. The number of hydrogen-bond acceptors (Lipinski definition) is 4. The number of hydrogen-bond donors (Lipinski definition) is 3. The van der Waals surface area contributed by atoms with Crippen molar-refractivity contribution in [2.75, 3.05) is 7.05 Å². The minimum atomic E-state index is -0.771. The van der Waals surface area contributed by atoms with Gasteiger partial charge in [-0.15, -0.1) is 0 Å². The molecule has 0 saturated carbocycles. The summed E-state index contributed by atoms with van der Waals surface area (Å²) in [5.41, 5.74) is 19.3. The van der Waals surface area contributed by atoms with E-state index in [0.29, 0.717) is 0 Å². The summed E-state index contributed by atoms with van der Waals surface area (Å²) in [6, 6.07) is 0. The highest BCUT2D eigenvalue weighted by atomic mass is 16.1. The Balaban J connectivity index is 3.35. The number of allylic oxidation sites excluding steroid dienone is 6. The summed E-state index contributed by atoms with van der Waals surface area (Å²) in [7, 11) is 1.44. The van der Waals surface area contributed by atoms with Gasteiger partial charge in [-0.05, 0) is 31.9 Å². The van der Waals surface area contributed by atoms with E-state index in [2.05, 4.69) is 23.4 Å². The van der Waals surface area contributed by atoms with Crippen molar-refractivity contribution in [3.8, 4) is 11.8 Å². The molecule has 0 saturated heterocycles. The summed E-state index contributed by atoms with van der Waals surface area (Å²) in [5, 5.41) is 0. The van der Waals surface area contributed by atoms with Gasteiger partial charge >= 0.3 is 0 Å². The fraction of sp³-hybridized carbons (Fsp3) is 0.176. The van der Waals surface area contributed by atoms with E-state index in [1.165, 1.54) is 7.05 Å². The molecule has 23 heavy (non-hydrogen) atoms. The van der Waals surface area contributed by atoms with Gasteiger partial charge in [0.1, 0.15) is 11.4 Å². The van der Waals surface area contributed by atoms with Gasteiger partial charge in [-0.25, -0.2) is 0 Å². The molecular weight excluding hydrogens is 290 g/mol. The summed E-state index contributed by atoms with van der Waals surface area (Å²) in [6.07, 6.45) is 7.39. The van der Waals surface area contributed by atoms with Crippen molar-refractivity contribution >= 4 is 11.7 Å². The average molecular weight is 311 g/mol. The maximum atomic E-state index is 11.5. The Labute approximate surface area is 136 Å². The summed E-state index contributed by atoms with van der Waals surface area (Å²) in [4.78, 5) is 17.1. The van der Waals surface area contributed by atoms with Crippen LogP contribution < -0.4 is 17.2 Å². The maximum absolute atomic E-state index is 11.5. The minimum Gasteiger partial charge on any atom is -0.391 e. The zero-order chi connectivity index (χ0) is 17.6. The minimum absolute atomic E-state index is 0.0200. The van der Waals surface area contributed by atoms with Gasteiger partial charge in [-0.1, -0.05) is 18.6 Å². The van der Waals surface area contributed by atoms with Crippen molar-refractivity contribution in [1.82, 2.24) is 4.90 Å². The van der Waals surface area contributed by atoms with Gasteiger partial charge in [0.15, 0.2) is 0 Å². The molecule has 0 bridgehead atoms. The second-order valence-electron chi connectivity index (χ2n) is 4.63. The molecule has 0 atom stereocenters. The summed E-state index contributed by atoms with van der Waals surface area (Å²) in [6.45, 7) is 7.65. The molecule has 120 valence electrons. The highest BCUT2D eigenvalue weighted by Gasteiger charge is 2.16. The lowest BCUT2D eigenvalue weighted by Gasteiger charge is -2.26. The van der Waals surface area contributed by atoms with E-state index in [1.807, 2.05) is 37.0 Å². The molecule has 1 amide bonds. The Morgan fingerprint density at radius 1 is 1.35 bits per heavy atom. The van der Waals surface area contributed by atoms with Crippen molar-refractivity contribution < 1.29 is 4.79 Å². The molecule has 6 heteroatoms. The van der Waals surface area contributed by atoms with Gasteiger partial charge in [-0.3, -0.25) is 9.79 Å². The van der Waals surface area contributed by atoms with Crippen molar-refractivity contribution in [3.63, 3.8) is 0 Å². The molecule has 6 nitrogen and oxygen atoms in total. The molecule has 6 N–H and O–H groups in total. The molecule has 1 aliphatic heterocycles. The lowest BCUT2D eigenvalue weighted by Crippen LogP contribution is -2.29. The van der Waals surface area contributed by atoms with E-state index >= 15 is 0 Å². The van der Waals surface area contributed by atoms with Crippen LogP contribution in [0.1, 0.15) is 13.8 Å². The van der Waals surface area contributed by atoms with E-state index in [1.54, 1.807) is 6.20 Å². The number of amidine groups is 1. The monoisotopic (exact) mass is 311 g/mol. The van der Waals surface area contributed by atoms with Crippen LogP contribution in [-0.2, 0) is 4.79 Å². The van der Waals surface area contributed by atoms with Crippen LogP contribution in [0.5, 0.6) is 0 Å². The topological polar surface area (TPSA) is 111 Å². The van der Waals surface area contributed by atoms with Gasteiger partial charge in [0.2, 0.25) is 0 Å². The predicted molar refractivity (Wildman–Crippen MR) is 93.4 cm³/mol. The van der Waals surface area contributed by atoms with E-state index < -0.39 is 5.91 Å². The fourth-order valence-corrected chi connectivity index (χ4v) is 2.04. The second kappa shape index (κ2) is 7.71. The van der Waals surface area contributed by atoms with E-state index in [0.717, 1.165) is 17.0 Å². The average Bonchev–Trinajstić information content (AvgIpc) is 2.52. The number of carbonyl (C=O) groups excluding carboxylic acids is 1. The predicted octanol–water partition coefficient (Wildman–Crippen LogP) is 0.868. The molecule has 0 aliphatic carbocycles. The first-order chi connectivity index (χ1) is 10.9. The Kier molecular flexibility index (Phi) is 5.98. The van der Waals surface area contributed by atoms with Crippen LogP contribution in [0.4, 0.5) is 0 Å². The maximum Gasteiger partial charge on any atom is 0.255 e. The quantitative estimate of drug-likeness (QED) is 0.311. The van der Waals surface area contributed by atoms with Crippen LogP contribution in [0, 0.1) is 11.8 Å². The molecular formula is C17H21N5O. The smallest absolute Gasteiger partial charge is 0.255 e. The molecule has 0 fully saturated rings. The molecule has 0 aromatic carbocycles. The number of nitrogens with two attached hydrogens (primary N) is 3. The third kappa shape index (κ3) is 3.92. The SMILES string of the molecule is C=CN1C(C)=CC=C(C#CC(N)=C(C(N)=O)C(N)=NC)/C1=C/C. The Bertz CT molecular complexity index is 739. The lowest BCUT2D eigenvalue weighted by atomic mass is 10.1. The Morgan fingerprint density at radius 2 is 2.00 bits per heavy atom. The number of carbonyl (C=O) groups is 1. The van der Waals surface area contributed by atoms with Crippen molar-refractivity contribution in [2.24, 2.45) is 22.2 Å². The van der Waals surface area contributed by atoms with Crippen LogP contribution in [-0.4, -0.2) is 23.7 Å². The zero-order valence-corrected chi connectivity index (χ0v) is 13.6. The molecule has 0 spiro atoms. The summed E-state index contributed by atoms with van der Waals surface area (Å²) in [5.74, 6) is 4.83. The van der Waals surface area contributed by atoms with Gasteiger partial charge in [0.05, 0.1) is 11.4 Å². The third-order valence-corrected chi connectivity index (χ3v) is 3.21. The van der Waals surface area contributed by atoms with Gasteiger partial charge < -0.3 is 22.1 Å². The van der Waals surface area contributed by atoms with Crippen LogP contribution in [0.15, 0.2) is 64.2 Å². The Hall–Kier alpha value is -3.20. The van der Waals surface area contributed by atoms with Crippen molar-refractivity contribution in [3.05, 3.63) is 59.2 Å². The highest BCUT2D eigenvalue weighted by molar-refractivity contribution is 6.20. The number of primary amides is 1. The molecule has 1 aliphatic rings. The zero-order valence-electron chi connectivity index (χ0n) is 13.6. The molecule has 0 aromatic heterocycles. The summed E-state index contributed by atoms with van der Waals surface area (Å²) < 4.78 is 0. The fourth-order valence-electron chi connectivity index (χ4n) is 2.04. The molecule has 0 unspecified atom stereocenters. The standard InChI is InChI=1S/C17H21N5O/c1-5-14-12(8-7-11(3)22(14)6-2)9-10-13(18)15(17(20)23)16(19)21-4/h5-8H,2,18H2,1,3-4H3,(H2,19,21)(H2,20,23)/b14-5-,15-13?. The molecule has 1 rings (SSSR count). The van der Waals surface area contributed by atoms with E-state index in [-0.39, 0.29) is 17.1 Å². The first-order valence-electron chi connectivity index (χ1n) is 6.88. The van der Waals surface area contributed by atoms with Crippen molar-refractivity contribution in [2.45, 2.75) is 13.8 Å². The lowest BCUT2D eigenvalue weighted by molar-refractivity contribution is -0.114. The third-order valence-electron chi connectivity index (χ3n) is 3.21.